The molecule has 1 N–H and O–H groups in total. The van der Waals surface area contributed by atoms with Gasteiger partial charge in [-0.1, -0.05) is 26.3 Å². The Morgan fingerprint density at radius 2 is 1.77 bits per heavy atom. The standard InChI is InChI=1S/C27H24F2N8.C3H8/c1-30-13-20-6-8-23(29)26(33-20)18-12-32-37(14-18)25-10-17(9-24(34-25)16-3-4-16)21-7-5-19(28)11-22(21)27-35-31-15-36(27)2;1-3-2/h5-12,14-16,30H,3-4,13H2,1-2H3;3H2,1-2H3. The second-order valence-corrected chi connectivity index (χ2v) is 9.91. The van der Waals surface area contributed by atoms with Gasteiger partial charge < -0.3 is 9.88 Å². The van der Waals surface area contributed by atoms with Crippen molar-refractivity contribution in [2.24, 2.45) is 7.05 Å². The molecule has 4 heterocycles. The molecule has 0 unspecified atom stereocenters. The third-order valence-electron chi connectivity index (χ3n) is 6.42. The van der Waals surface area contributed by atoms with Crippen LogP contribution in [0.25, 0.3) is 39.6 Å². The highest BCUT2D eigenvalue weighted by Gasteiger charge is 2.27. The first kappa shape index (κ1) is 27.3. The van der Waals surface area contributed by atoms with Crippen molar-refractivity contribution in [2.75, 3.05) is 7.05 Å². The number of nitrogens with one attached hydrogen (secondary N) is 1. The van der Waals surface area contributed by atoms with E-state index in [0.29, 0.717) is 35.2 Å². The number of pyridine rings is 2. The maximum absolute atomic E-state index is 14.6. The predicted molar refractivity (Wildman–Crippen MR) is 151 cm³/mol. The van der Waals surface area contributed by atoms with Crippen molar-refractivity contribution in [3.63, 3.8) is 0 Å². The van der Waals surface area contributed by atoms with E-state index in [4.69, 9.17) is 4.98 Å². The van der Waals surface area contributed by atoms with Crippen molar-refractivity contribution in [2.45, 2.75) is 45.6 Å². The molecule has 0 atom stereocenters. The summed E-state index contributed by atoms with van der Waals surface area (Å²) in [6.07, 6.45) is 8.27. The molecule has 10 heteroatoms. The number of nitrogens with zero attached hydrogens (tertiary/aromatic N) is 7. The first-order chi connectivity index (χ1) is 19.4. The van der Waals surface area contributed by atoms with Crippen molar-refractivity contribution in [3.05, 3.63) is 84.2 Å². The van der Waals surface area contributed by atoms with E-state index < -0.39 is 5.82 Å². The molecule has 1 aliphatic rings. The van der Waals surface area contributed by atoms with Crippen LogP contribution in [0, 0.1) is 11.6 Å². The second kappa shape index (κ2) is 11.8. The highest BCUT2D eigenvalue weighted by molar-refractivity contribution is 5.81. The van der Waals surface area contributed by atoms with Gasteiger partial charge in [0.2, 0.25) is 0 Å². The fourth-order valence-corrected chi connectivity index (χ4v) is 4.41. The molecule has 5 aromatic rings. The Balaban J connectivity index is 0.00000103. The van der Waals surface area contributed by atoms with Crippen molar-refractivity contribution < 1.29 is 8.78 Å². The maximum Gasteiger partial charge on any atom is 0.164 e. The van der Waals surface area contributed by atoms with Gasteiger partial charge in [0.15, 0.2) is 11.6 Å². The minimum atomic E-state index is -0.417. The third-order valence-corrected chi connectivity index (χ3v) is 6.42. The van der Waals surface area contributed by atoms with Crippen molar-refractivity contribution in [3.8, 4) is 39.6 Å². The van der Waals surface area contributed by atoms with Crippen molar-refractivity contribution in [1.82, 2.24) is 39.8 Å². The van der Waals surface area contributed by atoms with Gasteiger partial charge in [-0.05, 0) is 67.4 Å². The number of halogens is 2. The van der Waals surface area contributed by atoms with Gasteiger partial charge in [0.1, 0.15) is 23.7 Å². The van der Waals surface area contributed by atoms with E-state index in [0.717, 1.165) is 35.4 Å². The smallest absolute Gasteiger partial charge is 0.164 e. The highest BCUT2D eigenvalue weighted by Crippen LogP contribution is 2.42. The van der Waals surface area contributed by atoms with Crippen LogP contribution in [-0.4, -0.2) is 41.6 Å². The van der Waals surface area contributed by atoms with Gasteiger partial charge in [-0.15, -0.1) is 10.2 Å². The Kier molecular flexibility index (Phi) is 8.06. The molecule has 6 rings (SSSR count). The first-order valence-corrected chi connectivity index (χ1v) is 13.4. The fraction of sp³-hybridized carbons (Fsp3) is 0.300. The fourth-order valence-electron chi connectivity index (χ4n) is 4.41. The van der Waals surface area contributed by atoms with Gasteiger partial charge >= 0.3 is 0 Å². The molecule has 0 aliphatic heterocycles. The summed E-state index contributed by atoms with van der Waals surface area (Å²) in [6, 6.07) is 11.7. The van der Waals surface area contributed by atoms with Crippen LogP contribution < -0.4 is 5.32 Å². The molecule has 0 spiro atoms. The SMILES string of the molecule is CCC.CNCc1ccc(F)c(-c2cnn(-c3cc(-c4ccc(F)cc4-c4nncn4C)cc(C4CC4)n3)c2)n1. The third kappa shape index (κ3) is 5.81. The summed E-state index contributed by atoms with van der Waals surface area (Å²) in [5, 5.41) is 15.7. The van der Waals surface area contributed by atoms with Crippen LogP contribution in [0.15, 0.2) is 61.2 Å². The quantitative estimate of drug-likeness (QED) is 0.268. The molecule has 0 bridgehead atoms. The van der Waals surface area contributed by atoms with E-state index >= 15 is 0 Å². The lowest BCUT2D eigenvalue weighted by Crippen LogP contribution is -2.07. The average molecular weight is 543 g/mol. The maximum atomic E-state index is 14.6. The lowest BCUT2D eigenvalue weighted by Gasteiger charge is -2.13. The van der Waals surface area contributed by atoms with Gasteiger partial charge in [0.25, 0.3) is 0 Å². The van der Waals surface area contributed by atoms with E-state index in [1.807, 2.05) is 26.2 Å². The van der Waals surface area contributed by atoms with Crippen LogP contribution in [-0.2, 0) is 13.6 Å². The van der Waals surface area contributed by atoms with Gasteiger partial charge in [-0.3, -0.25) is 0 Å². The van der Waals surface area contributed by atoms with Crippen LogP contribution >= 0.6 is 0 Å². The summed E-state index contributed by atoms with van der Waals surface area (Å²) in [7, 11) is 3.64. The summed E-state index contributed by atoms with van der Waals surface area (Å²) < 4.78 is 32.3. The van der Waals surface area contributed by atoms with Gasteiger partial charge in [0, 0.05) is 42.5 Å². The van der Waals surface area contributed by atoms with E-state index in [2.05, 4.69) is 39.4 Å². The normalized spacial score (nSPS) is 12.8. The van der Waals surface area contributed by atoms with Crippen LogP contribution in [0.1, 0.15) is 50.4 Å². The number of aromatic nitrogens is 7. The number of aryl methyl sites for hydroxylation is 1. The van der Waals surface area contributed by atoms with Gasteiger partial charge in [-0.2, -0.15) is 5.10 Å². The van der Waals surface area contributed by atoms with Gasteiger partial charge in [-0.25, -0.2) is 23.4 Å². The summed E-state index contributed by atoms with van der Waals surface area (Å²) in [5.74, 6) is 0.741. The van der Waals surface area contributed by atoms with E-state index in [1.165, 1.54) is 24.6 Å². The zero-order chi connectivity index (χ0) is 28.2. The minimum absolute atomic E-state index is 0.237. The Labute approximate surface area is 232 Å². The number of hydrogen-bond acceptors (Lipinski definition) is 6. The molecular weight excluding hydrogens is 510 g/mol. The Morgan fingerprint density at radius 1 is 0.975 bits per heavy atom. The highest BCUT2D eigenvalue weighted by atomic mass is 19.1. The van der Waals surface area contributed by atoms with Crippen LogP contribution in [0.4, 0.5) is 8.78 Å². The van der Waals surface area contributed by atoms with Gasteiger partial charge in [0.05, 0.1) is 11.9 Å². The predicted octanol–water partition coefficient (Wildman–Crippen LogP) is 6.08. The topological polar surface area (TPSA) is 86.3 Å². The summed E-state index contributed by atoms with van der Waals surface area (Å²) >= 11 is 0. The lowest BCUT2D eigenvalue weighted by molar-refractivity contribution is 0.622. The number of hydrogen-bond donors (Lipinski definition) is 1. The molecule has 0 radical (unpaired) electrons. The summed E-state index contributed by atoms with van der Waals surface area (Å²) in [6.45, 7) is 4.78. The molecule has 4 aromatic heterocycles. The monoisotopic (exact) mass is 542 g/mol. The average Bonchev–Trinajstić information content (AvgIpc) is 3.53. The Morgan fingerprint density at radius 3 is 2.48 bits per heavy atom. The van der Waals surface area contributed by atoms with Crippen molar-refractivity contribution in [1.29, 1.82) is 0 Å². The lowest BCUT2D eigenvalue weighted by atomic mass is 9.98. The number of rotatable bonds is 7. The van der Waals surface area contributed by atoms with Crippen LogP contribution in [0.2, 0.25) is 0 Å². The molecule has 206 valence electrons. The van der Waals surface area contributed by atoms with Crippen LogP contribution in [0.5, 0.6) is 0 Å². The Hall–Kier alpha value is -4.31. The largest absolute Gasteiger partial charge is 0.317 e. The second-order valence-electron chi connectivity index (χ2n) is 9.91. The molecule has 1 saturated carbocycles. The first-order valence-electron chi connectivity index (χ1n) is 13.4. The molecule has 1 fully saturated rings. The van der Waals surface area contributed by atoms with E-state index in [9.17, 15) is 8.78 Å². The molecule has 1 aromatic carbocycles. The van der Waals surface area contributed by atoms with Crippen LogP contribution in [0.3, 0.4) is 0 Å². The molecule has 8 nitrogen and oxygen atoms in total. The number of benzene rings is 1. The summed E-state index contributed by atoms with van der Waals surface area (Å²) in [4.78, 5) is 9.32. The molecule has 0 amide bonds. The van der Waals surface area contributed by atoms with Crippen molar-refractivity contribution >= 4 is 0 Å². The summed E-state index contributed by atoms with van der Waals surface area (Å²) in [5.41, 5.74) is 4.77. The minimum Gasteiger partial charge on any atom is -0.317 e. The zero-order valence-electron chi connectivity index (χ0n) is 23.1. The van der Waals surface area contributed by atoms with E-state index in [-0.39, 0.29) is 11.5 Å². The molecule has 40 heavy (non-hydrogen) atoms. The van der Waals surface area contributed by atoms with E-state index in [1.54, 1.807) is 40.1 Å². The Bertz CT molecular complexity index is 1620. The molecule has 1 aliphatic carbocycles. The zero-order valence-corrected chi connectivity index (χ0v) is 23.1. The molecule has 0 saturated heterocycles. The molecular formula is C30H32F2N8.